The zero-order valence-corrected chi connectivity index (χ0v) is 9.18. The summed E-state index contributed by atoms with van der Waals surface area (Å²) in [4.78, 5) is 3.06. The quantitative estimate of drug-likeness (QED) is 0.332. The minimum atomic E-state index is -4.67. The van der Waals surface area contributed by atoms with Crippen LogP contribution in [-0.2, 0) is 15.1 Å². The first-order valence-electron chi connectivity index (χ1n) is 3.90. The largest absolute Gasteiger partial charge is 0.490 e. The summed E-state index contributed by atoms with van der Waals surface area (Å²) in [6, 6.07) is 0. The first-order chi connectivity index (χ1) is 7.27. The predicted octanol–water partition coefficient (Wildman–Crippen LogP) is -0.219. The second-order valence-corrected chi connectivity index (χ2v) is 3.51. The molecule has 1 rings (SSSR count). The van der Waals surface area contributed by atoms with Crippen LogP contribution in [0.1, 0.15) is 6.42 Å². The SMILES string of the molecule is COC1=CC(N)=CCC1=[N+]=[N-].O=S(=O)(O)O. The summed E-state index contributed by atoms with van der Waals surface area (Å²) >= 11 is 0. The number of allylic oxidation sites excluding steroid dienone is 3. The molecule has 1 aliphatic carbocycles. The van der Waals surface area contributed by atoms with Crippen molar-refractivity contribution < 1.29 is 27.1 Å². The highest BCUT2D eigenvalue weighted by Gasteiger charge is 2.18. The molecule has 0 unspecified atom stereocenters. The van der Waals surface area contributed by atoms with Crippen LogP contribution in [0.3, 0.4) is 0 Å². The lowest BCUT2D eigenvalue weighted by molar-refractivity contribution is -0.0109. The van der Waals surface area contributed by atoms with Crippen molar-refractivity contribution in [2.45, 2.75) is 6.42 Å². The van der Waals surface area contributed by atoms with Crippen molar-refractivity contribution >= 4 is 16.1 Å². The highest BCUT2D eigenvalue weighted by atomic mass is 32.3. The van der Waals surface area contributed by atoms with E-state index in [0.29, 0.717) is 23.6 Å². The maximum atomic E-state index is 8.74. The third kappa shape index (κ3) is 6.74. The second-order valence-electron chi connectivity index (χ2n) is 2.62. The van der Waals surface area contributed by atoms with E-state index in [1.807, 2.05) is 0 Å². The summed E-state index contributed by atoms with van der Waals surface area (Å²) in [5.74, 6) is 0.521. The van der Waals surface area contributed by atoms with Crippen LogP contribution in [0.2, 0.25) is 0 Å². The molecule has 8 nitrogen and oxygen atoms in total. The summed E-state index contributed by atoms with van der Waals surface area (Å²) in [6.07, 6.45) is 3.90. The van der Waals surface area contributed by atoms with Crippen molar-refractivity contribution in [3.05, 3.63) is 29.1 Å². The highest BCUT2D eigenvalue weighted by molar-refractivity contribution is 7.79. The minimum absolute atomic E-state index is 0.502. The van der Waals surface area contributed by atoms with Gasteiger partial charge in [0.2, 0.25) is 5.76 Å². The van der Waals surface area contributed by atoms with Gasteiger partial charge in [-0.2, -0.15) is 13.2 Å². The number of methoxy groups -OCH3 is 1. The van der Waals surface area contributed by atoms with Crippen LogP contribution >= 0.6 is 0 Å². The lowest BCUT2D eigenvalue weighted by Gasteiger charge is -2.04. The van der Waals surface area contributed by atoms with Crippen LogP contribution in [0, 0.1) is 0 Å². The van der Waals surface area contributed by atoms with Crippen LogP contribution in [0.25, 0.3) is 5.53 Å². The Morgan fingerprint density at radius 3 is 2.44 bits per heavy atom. The molecule has 0 amide bonds. The topological polar surface area (TPSA) is 146 Å². The number of nitrogens with zero attached hydrogens (tertiary/aromatic N) is 2. The summed E-state index contributed by atoms with van der Waals surface area (Å²) in [7, 11) is -3.16. The van der Waals surface area contributed by atoms with Crippen molar-refractivity contribution in [2.75, 3.05) is 7.11 Å². The third-order valence-electron chi connectivity index (χ3n) is 1.45. The lowest BCUT2D eigenvalue weighted by Crippen LogP contribution is -2.12. The maximum Gasteiger partial charge on any atom is 0.394 e. The van der Waals surface area contributed by atoms with E-state index in [1.54, 1.807) is 12.2 Å². The molecule has 4 N–H and O–H groups in total. The number of rotatable bonds is 1. The first kappa shape index (κ1) is 14.3. The van der Waals surface area contributed by atoms with E-state index < -0.39 is 10.4 Å². The fourth-order valence-corrected chi connectivity index (χ4v) is 0.876. The van der Waals surface area contributed by atoms with Crippen molar-refractivity contribution in [1.29, 1.82) is 0 Å². The van der Waals surface area contributed by atoms with Gasteiger partial charge in [0.05, 0.1) is 13.5 Å². The molecule has 0 bridgehead atoms. The lowest BCUT2D eigenvalue weighted by atomic mass is 10.1. The Bertz CT molecular complexity index is 450. The van der Waals surface area contributed by atoms with Crippen molar-refractivity contribution in [3.8, 4) is 0 Å². The summed E-state index contributed by atoms with van der Waals surface area (Å²) in [6.45, 7) is 0. The average molecular weight is 249 g/mol. The normalized spacial score (nSPS) is 15.1. The summed E-state index contributed by atoms with van der Waals surface area (Å²) in [5, 5.41) is 0. The third-order valence-corrected chi connectivity index (χ3v) is 1.45. The van der Waals surface area contributed by atoms with Gasteiger partial charge in [-0.25, -0.2) is 0 Å². The maximum absolute atomic E-state index is 8.74. The van der Waals surface area contributed by atoms with Gasteiger partial charge in [0.15, 0.2) is 0 Å². The fourth-order valence-electron chi connectivity index (χ4n) is 0.876. The number of nitrogens with two attached hydrogens (primary N) is 1. The Morgan fingerprint density at radius 2 is 2.06 bits per heavy atom. The Labute approximate surface area is 92.2 Å². The van der Waals surface area contributed by atoms with E-state index >= 15 is 0 Å². The zero-order valence-electron chi connectivity index (χ0n) is 8.36. The smallest absolute Gasteiger partial charge is 0.394 e. The molecule has 0 aromatic carbocycles. The minimum Gasteiger partial charge on any atom is -0.490 e. The monoisotopic (exact) mass is 249 g/mol. The molecule has 1 aliphatic rings. The number of ether oxygens (including phenoxy) is 1. The molecule has 16 heavy (non-hydrogen) atoms. The van der Waals surface area contributed by atoms with E-state index in [0.717, 1.165) is 0 Å². The van der Waals surface area contributed by atoms with Gasteiger partial charge in [0, 0.05) is 11.8 Å². The van der Waals surface area contributed by atoms with E-state index in [4.69, 9.17) is 33.5 Å². The molecular formula is C7H11N3O5S. The molecule has 0 atom stereocenters. The van der Waals surface area contributed by atoms with Crippen molar-refractivity contribution in [2.24, 2.45) is 5.73 Å². The predicted molar refractivity (Wildman–Crippen MR) is 54.8 cm³/mol. The molecule has 0 fully saturated rings. The molecule has 0 saturated carbocycles. The van der Waals surface area contributed by atoms with E-state index in [2.05, 4.69) is 4.79 Å². The Kier molecular flexibility index (Phi) is 5.40. The molecule has 0 radical (unpaired) electrons. The molecule has 0 spiro atoms. The van der Waals surface area contributed by atoms with Gasteiger partial charge >= 0.3 is 16.1 Å². The van der Waals surface area contributed by atoms with Crippen molar-refractivity contribution in [3.63, 3.8) is 0 Å². The van der Waals surface area contributed by atoms with Crippen molar-refractivity contribution in [1.82, 2.24) is 0 Å². The van der Waals surface area contributed by atoms with Gasteiger partial charge in [-0.3, -0.25) is 9.11 Å². The average Bonchev–Trinajstić information content (AvgIpc) is 2.15. The summed E-state index contributed by atoms with van der Waals surface area (Å²) < 4.78 is 36.5. The zero-order chi connectivity index (χ0) is 12.8. The van der Waals surface area contributed by atoms with Gasteiger partial charge in [0.25, 0.3) is 0 Å². The molecule has 0 heterocycles. The molecule has 0 aromatic rings. The Hall–Kier alpha value is -1.67. The standard InChI is InChI=1S/C7H9N3O.H2O4S/c1-11-7-4-5(8)2-3-6(7)10-9;1-5(2,3)4/h2,4H,3,8H2,1H3;(H2,1,2,3,4). The number of hydrogen-bond donors (Lipinski definition) is 3. The van der Waals surface area contributed by atoms with Gasteiger partial charge in [-0.1, -0.05) is 0 Å². The van der Waals surface area contributed by atoms with E-state index in [1.165, 1.54) is 7.11 Å². The molecule has 9 heteroatoms. The Balaban J connectivity index is 0.000000385. The molecule has 0 saturated heterocycles. The number of hydrogen-bond acceptors (Lipinski definition) is 4. The van der Waals surface area contributed by atoms with Crippen LogP contribution in [0.15, 0.2) is 23.6 Å². The second kappa shape index (κ2) is 6.03. The van der Waals surface area contributed by atoms with Crippen LogP contribution in [-0.4, -0.2) is 35.1 Å². The molecule has 0 aromatic heterocycles. The van der Waals surface area contributed by atoms with Crippen LogP contribution in [0.5, 0.6) is 0 Å². The van der Waals surface area contributed by atoms with Gasteiger partial charge < -0.3 is 16.0 Å². The van der Waals surface area contributed by atoms with Gasteiger partial charge in [-0.15, -0.1) is 0 Å². The first-order valence-corrected chi connectivity index (χ1v) is 5.30. The van der Waals surface area contributed by atoms with Crippen LogP contribution in [0.4, 0.5) is 0 Å². The van der Waals surface area contributed by atoms with Gasteiger partial charge in [-0.05, 0) is 6.08 Å². The highest BCUT2D eigenvalue weighted by Crippen LogP contribution is 2.10. The van der Waals surface area contributed by atoms with Crippen LogP contribution < -0.4 is 5.73 Å². The van der Waals surface area contributed by atoms with Gasteiger partial charge in [0.1, 0.15) is 0 Å². The molecular weight excluding hydrogens is 238 g/mol. The van der Waals surface area contributed by atoms with E-state index in [9.17, 15) is 0 Å². The van der Waals surface area contributed by atoms with E-state index in [-0.39, 0.29) is 0 Å². The molecule has 90 valence electrons. The fraction of sp³-hybridized carbons (Fsp3) is 0.286. The summed E-state index contributed by atoms with van der Waals surface area (Å²) in [5.41, 5.74) is 15.1. The molecule has 0 aliphatic heterocycles. The Morgan fingerprint density at radius 1 is 1.56 bits per heavy atom.